The van der Waals surface area contributed by atoms with Crippen molar-refractivity contribution in [1.29, 1.82) is 0 Å². The van der Waals surface area contributed by atoms with Crippen LogP contribution in [0.4, 0.5) is 0 Å². The Bertz CT molecular complexity index is 471. The van der Waals surface area contributed by atoms with Gasteiger partial charge in [-0.05, 0) is 18.8 Å². The molecule has 0 heterocycles. The highest BCUT2D eigenvalue weighted by molar-refractivity contribution is 7.80. The lowest BCUT2D eigenvalue weighted by molar-refractivity contribution is -0.143. The fraction of sp³-hybridized carbons (Fsp3) is 0.714. The fourth-order valence-electron chi connectivity index (χ4n) is 1.84. The van der Waals surface area contributed by atoms with Crippen LogP contribution in [0.2, 0.25) is 0 Å². The average molecular weight is 363 g/mol. The molecular weight excluding hydrogens is 338 g/mol. The minimum Gasteiger partial charge on any atom is -0.481 e. The zero-order chi connectivity index (χ0) is 18.9. The molecule has 3 atom stereocenters. The second kappa shape index (κ2) is 10.9. The number of nitrogens with one attached hydrogen (secondary N) is 2. The first-order valence-corrected chi connectivity index (χ1v) is 8.15. The summed E-state index contributed by atoms with van der Waals surface area (Å²) < 4.78 is 0. The van der Waals surface area contributed by atoms with Gasteiger partial charge in [0, 0.05) is 12.2 Å². The SMILES string of the molecule is CC(C)[C@@H](NC(=O)[C@H](CS)NC(=O)[C@@H](N)CCCC(=O)O)C(=O)O. The second-order valence-electron chi connectivity index (χ2n) is 5.70. The number of carboxylic acid groups (broad SMARTS) is 2. The molecule has 0 unspecified atom stereocenters. The smallest absolute Gasteiger partial charge is 0.326 e. The van der Waals surface area contributed by atoms with Gasteiger partial charge in [0.25, 0.3) is 0 Å². The van der Waals surface area contributed by atoms with E-state index in [0.717, 1.165) is 0 Å². The van der Waals surface area contributed by atoms with E-state index in [0.29, 0.717) is 0 Å². The molecule has 0 fully saturated rings. The molecule has 0 saturated heterocycles. The third-order valence-electron chi connectivity index (χ3n) is 3.29. The number of hydrogen-bond acceptors (Lipinski definition) is 6. The Morgan fingerprint density at radius 2 is 1.67 bits per heavy atom. The van der Waals surface area contributed by atoms with E-state index in [1.807, 2.05) is 0 Å². The van der Waals surface area contributed by atoms with Crippen molar-refractivity contribution < 1.29 is 29.4 Å². The van der Waals surface area contributed by atoms with Crippen molar-refractivity contribution in [3.8, 4) is 0 Å². The molecule has 0 spiro atoms. The maximum absolute atomic E-state index is 12.1. The van der Waals surface area contributed by atoms with Gasteiger partial charge in [-0.1, -0.05) is 13.8 Å². The summed E-state index contributed by atoms with van der Waals surface area (Å²) >= 11 is 3.98. The molecule has 6 N–H and O–H groups in total. The van der Waals surface area contributed by atoms with E-state index in [4.69, 9.17) is 15.9 Å². The van der Waals surface area contributed by atoms with Crippen LogP contribution in [0.5, 0.6) is 0 Å². The number of rotatable bonds is 11. The largest absolute Gasteiger partial charge is 0.481 e. The quantitative estimate of drug-likeness (QED) is 0.262. The van der Waals surface area contributed by atoms with Crippen molar-refractivity contribution in [3.05, 3.63) is 0 Å². The predicted octanol–water partition coefficient (Wildman–Crippen LogP) is -0.791. The monoisotopic (exact) mass is 363 g/mol. The Labute approximate surface area is 145 Å². The zero-order valence-corrected chi connectivity index (χ0v) is 14.6. The number of hydrogen-bond donors (Lipinski definition) is 6. The molecule has 0 aromatic rings. The Kier molecular flexibility index (Phi) is 10.0. The third kappa shape index (κ3) is 8.16. The lowest BCUT2D eigenvalue weighted by Gasteiger charge is -2.23. The fourth-order valence-corrected chi connectivity index (χ4v) is 2.10. The summed E-state index contributed by atoms with van der Waals surface area (Å²) in [5.41, 5.74) is 5.65. The minimum atomic E-state index is -1.17. The van der Waals surface area contributed by atoms with Crippen molar-refractivity contribution >= 4 is 36.4 Å². The zero-order valence-electron chi connectivity index (χ0n) is 13.7. The Hall–Kier alpha value is -1.81. The van der Waals surface area contributed by atoms with Crippen molar-refractivity contribution in [2.45, 2.75) is 51.2 Å². The van der Waals surface area contributed by atoms with Crippen LogP contribution in [0.25, 0.3) is 0 Å². The Morgan fingerprint density at radius 1 is 1.08 bits per heavy atom. The molecule has 138 valence electrons. The maximum Gasteiger partial charge on any atom is 0.326 e. The van der Waals surface area contributed by atoms with E-state index < -0.39 is 41.9 Å². The van der Waals surface area contributed by atoms with E-state index in [1.54, 1.807) is 13.8 Å². The van der Waals surface area contributed by atoms with Crippen LogP contribution < -0.4 is 16.4 Å². The summed E-state index contributed by atoms with van der Waals surface area (Å²) in [6, 6.07) is -3.08. The Balaban J connectivity index is 4.61. The minimum absolute atomic E-state index is 0.0378. The van der Waals surface area contributed by atoms with Gasteiger partial charge in [-0.3, -0.25) is 14.4 Å². The average Bonchev–Trinajstić information content (AvgIpc) is 2.48. The second-order valence-corrected chi connectivity index (χ2v) is 6.07. The molecule has 0 aliphatic heterocycles. The highest BCUT2D eigenvalue weighted by Crippen LogP contribution is 2.04. The first-order chi connectivity index (χ1) is 11.1. The van der Waals surface area contributed by atoms with Crippen LogP contribution in [0.1, 0.15) is 33.1 Å². The van der Waals surface area contributed by atoms with E-state index in [1.165, 1.54) is 0 Å². The van der Waals surface area contributed by atoms with E-state index in [2.05, 4.69) is 23.3 Å². The van der Waals surface area contributed by atoms with Gasteiger partial charge >= 0.3 is 11.9 Å². The molecule has 0 aromatic heterocycles. The number of amides is 2. The number of carbonyl (C=O) groups is 4. The summed E-state index contributed by atoms with van der Waals surface area (Å²) in [6.45, 7) is 3.29. The Morgan fingerprint density at radius 3 is 2.08 bits per heavy atom. The molecule has 0 bridgehead atoms. The van der Waals surface area contributed by atoms with Crippen LogP contribution >= 0.6 is 12.6 Å². The van der Waals surface area contributed by atoms with Crippen molar-refractivity contribution in [2.75, 3.05) is 5.75 Å². The molecule has 24 heavy (non-hydrogen) atoms. The van der Waals surface area contributed by atoms with Gasteiger partial charge in [0.15, 0.2) is 0 Å². The molecule has 10 heteroatoms. The van der Waals surface area contributed by atoms with Crippen LogP contribution in [0.3, 0.4) is 0 Å². The molecule has 9 nitrogen and oxygen atoms in total. The lowest BCUT2D eigenvalue weighted by atomic mass is 10.0. The van der Waals surface area contributed by atoms with Gasteiger partial charge in [-0.25, -0.2) is 4.79 Å². The number of carboxylic acids is 2. The van der Waals surface area contributed by atoms with Crippen molar-refractivity contribution in [1.82, 2.24) is 10.6 Å². The first-order valence-electron chi connectivity index (χ1n) is 7.51. The third-order valence-corrected chi connectivity index (χ3v) is 3.65. The topological polar surface area (TPSA) is 159 Å². The van der Waals surface area contributed by atoms with Crippen LogP contribution in [-0.4, -0.2) is 57.8 Å². The van der Waals surface area contributed by atoms with Gasteiger partial charge in [-0.15, -0.1) is 0 Å². The lowest BCUT2D eigenvalue weighted by Crippen LogP contribution is -2.56. The van der Waals surface area contributed by atoms with Gasteiger partial charge < -0.3 is 26.6 Å². The maximum atomic E-state index is 12.1. The van der Waals surface area contributed by atoms with E-state index in [9.17, 15) is 19.2 Å². The summed E-state index contributed by atoms with van der Waals surface area (Å²) in [5.74, 6) is -3.81. The summed E-state index contributed by atoms with van der Waals surface area (Å²) in [5, 5.41) is 22.4. The van der Waals surface area contributed by atoms with Gasteiger partial charge in [0.2, 0.25) is 11.8 Å². The standard InChI is InChI=1S/C14H25N3O6S/c1-7(2)11(14(22)23)17-13(21)9(6-24)16-12(20)8(15)4-3-5-10(18)19/h7-9,11,24H,3-6,15H2,1-2H3,(H,16,20)(H,17,21)(H,18,19)(H,22,23)/t8-,9-,11+/m0/s1. The van der Waals surface area contributed by atoms with Crippen LogP contribution in [-0.2, 0) is 19.2 Å². The van der Waals surface area contributed by atoms with Crippen LogP contribution in [0.15, 0.2) is 0 Å². The van der Waals surface area contributed by atoms with Gasteiger partial charge in [-0.2, -0.15) is 12.6 Å². The normalized spacial score (nSPS) is 14.5. The highest BCUT2D eigenvalue weighted by Gasteiger charge is 2.28. The van der Waals surface area contributed by atoms with Crippen molar-refractivity contribution in [3.63, 3.8) is 0 Å². The van der Waals surface area contributed by atoms with E-state index >= 15 is 0 Å². The van der Waals surface area contributed by atoms with Crippen LogP contribution in [0, 0.1) is 5.92 Å². The molecule has 0 aliphatic carbocycles. The van der Waals surface area contributed by atoms with Crippen molar-refractivity contribution in [2.24, 2.45) is 11.7 Å². The number of aliphatic carboxylic acids is 2. The number of thiol groups is 1. The predicted molar refractivity (Wildman–Crippen MR) is 89.7 cm³/mol. The number of nitrogens with two attached hydrogens (primary N) is 1. The number of carbonyl (C=O) groups excluding carboxylic acids is 2. The first kappa shape index (κ1) is 22.2. The molecule has 0 aromatic carbocycles. The molecular formula is C14H25N3O6S. The molecule has 0 aliphatic rings. The van der Waals surface area contributed by atoms with E-state index in [-0.39, 0.29) is 30.9 Å². The molecule has 0 radical (unpaired) electrons. The summed E-state index contributed by atoms with van der Waals surface area (Å²) in [4.78, 5) is 45.6. The highest BCUT2D eigenvalue weighted by atomic mass is 32.1. The molecule has 2 amide bonds. The molecule has 0 saturated carbocycles. The summed E-state index contributed by atoms with van der Waals surface area (Å²) in [6.07, 6.45) is 0.283. The molecule has 0 rings (SSSR count). The van der Waals surface area contributed by atoms with Gasteiger partial charge in [0.1, 0.15) is 12.1 Å². The summed E-state index contributed by atoms with van der Waals surface area (Å²) in [7, 11) is 0. The van der Waals surface area contributed by atoms with Gasteiger partial charge in [0.05, 0.1) is 6.04 Å².